The summed E-state index contributed by atoms with van der Waals surface area (Å²) in [7, 11) is -3.65. The lowest BCUT2D eigenvalue weighted by molar-refractivity contribution is -0.134. The number of hydrogen-bond donors (Lipinski definition) is 0. The molecule has 0 spiro atoms. The van der Waals surface area contributed by atoms with E-state index in [4.69, 9.17) is 0 Å². The maximum absolute atomic E-state index is 13.0. The van der Waals surface area contributed by atoms with Gasteiger partial charge < -0.3 is 4.90 Å². The molecule has 2 saturated heterocycles. The molecule has 3 rings (SSSR count). The largest absolute Gasteiger partial charge is 0.339 e. The van der Waals surface area contributed by atoms with Crippen LogP contribution >= 0.6 is 0 Å². The molecular weight excluding hydrogens is 369 g/mol. The van der Waals surface area contributed by atoms with E-state index in [9.17, 15) is 17.6 Å². The third kappa shape index (κ3) is 4.67. The zero-order valence-corrected chi connectivity index (χ0v) is 16.6. The van der Waals surface area contributed by atoms with E-state index in [-0.39, 0.29) is 23.9 Å². The van der Waals surface area contributed by atoms with Gasteiger partial charge in [-0.25, -0.2) is 12.8 Å². The number of amides is 1. The maximum Gasteiger partial charge on any atom is 0.243 e. The Labute approximate surface area is 161 Å². The number of hydrogen-bond acceptors (Lipinski definition) is 4. The van der Waals surface area contributed by atoms with E-state index in [1.54, 1.807) is 4.90 Å². The predicted molar refractivity (Wildman–Crippen MR) is 101 cm³/mol. The summed E-state index contributed by atoms with van der Waals surface area (Å²) in [6.07, 6.45) is 4.56. The minimum atomic E-state index is -3.65. The quantitative estimate of drug-likeness (QED) is 0.762. The Balaban J connectivity index is 1.56. The van der Waals surface area contributed by atoms with E-state index >= 15 is 0 Å². The summed E-state index contributed by atoms with van der Waals surface area (Å²) in [5.41, 5.74) is 0. The van der Waals surface area contributed by atoms with Crippen LogP contribution in [0.15, 0.2) is 29.2 Å². The maximum atomic E-state index is 13.0. The van der Waals surface area contributed by atoms with Crippen molar-refractivity contribution in [1.29, 1.82) is 0 Å². The Morgan fingerprint density at radius 3 is 2.37 bits per heavy atom. The highest BCUT2D eigenvalue weighted by Gasteiger charge is 2.31. The minimum absolute atomic E-state index is 0.0779. The van der Waals surface area contributed by atoms with Gasteiger partial charge in [0.2, 0.25) is 15.9 Å². The van der Waals surface area contributed by atoms with Gasteiger partial charge in [0.05, 0.1) is 11.4 Å². The van der Waals surface area contributed by atoms with Crippen molar-refractivity contribution in [2.75, 3.05) is 39.3 Å². The van der Waals surface area contributed by atoms with Crippen LogP contribution in [0.4, 0.5) is 4.39 Å². The molecule has 150 valence electrons. The van der Waals surface area contributed by atoms with Crippen LogP contribution in [0.25, 0.3) is 0 Å². The van der Waals surface area contributed by atoms with Gasteiger partial charge in [0.15, 0.2) is 0 Å². The van der Waals surface area contributed by atoms with Crippen LogP contribution in [0.5, 0.6) is 0 Å². The topological polar surface area (TPSA) is 60.9 Å². The highest BCUT2D eigenvalue weighted by Crippen LogP contribution is 2.21. The van der Waals surface area contributed by atoms with Gasteiger partial charge in [-0.1, -0.05) is 13.3 Å². The molecule has 2 heterocycles. The van der Waals surface area contributed by atoms with Gasteiger partial charge in [-0.2, -0.15) is 4.31 Å². The van der Waals surface area contributed by atoms with Gasteiger partial charge in [0.1, 0.15) is 5.82 Å². The molecular formula is C19H28FN3O3S. The average Bonchev–Trinajstić information content (AvgIpc) is 2.69. The molecule has 1 aromatic carbocycles. The van der Waals surface area contributed by atoms with Gasteiger partial charge in [0, 0.05) is 32.2 Å². The van der Waals surface area contributed by atoms with Crippen LogP contribution in [-0.2, 0) is 14.8 Å². The van der Waals surface area contributed by atoms with Crippen molar-refractivity contribution in [1.82, 2.24) is 14.1 Å². The first kappa shape index (κ1) is 20.2. The number of piperazine rings is 1. The number of benzene rings is 1. The molecule has 0 N–H and O–H groups in total. The zero-order chi connectivity index (χ0) is 19.4. The van der Waals surface area contributed by atoms with Gasteiger partial charge in [-0.3, -0.25) is 9.69 Å². The summed E-state index contributed by atoms with van der Waals surface area (Å²) in [6, 6.07) is 5.33. The SMILES string of the molecule is CC[C@H]1CCCCN1CC(=O)N1CCN(S(=O)(=O)c2ccc(F)cc2)CC1. The highest BCUT2D eigenvalue weighted by molar-refractivity contribution is 7.89. The second-order valence-electron chi connectivity index (χ2n) is 7.27. The van der Waals surface area contributed by atoms with E-state index in [0.717, 1.165) is 37.9 Å². The van der Waals surface area contributed by atoms with Crippen molar-refractivity contribution in [3.05, 3.63) is 30.1 Å². The summed E-state index contributed by atoms with van der Waals surface area (Å²) < 4.78 is 39.8. The van der Waals surface area contributed by atoms with E-state index in [1.807, 2.05) is 0 Å². The Morgan fingerprint density at radius 2 is 1.74 bits per heavy atom. The van der Waals surface area contributed by atoms with Crippen molar-refractivity contribution in [3.8, 4) is 0 Å². The molecule has 1 amide bonds. The number of carbonyl (C=O) groups excluding carboxylic acids is 1. The molecule has 27 heavy (non-hydrogen) atoms. The summed E-state index contributed by atoms with van der Waals surface area (Å²) in [4.78, 5) is 16.8. The lowest BCUT2D eigenvalue weighted by Crippen LogP contribution is -2.53. The Morgan fingerprint density at radius 1 is 1.07 bits per heavy atom. The molecule has 8 heteroatoms. The fourth-order valence-electron chi connectivity index (χ4n) is 3.94. The number of piperidine rings is 1. The Hall–Kier alpha value is -1.51. The summed E-state index contributed by atoms with van der Waals surface area (Å²) >= 11 is 0. The molecule has 2 fully saturated rings. The third-order valence-electron chi connectivity index (χ3n) is 5.60. The predicted octanol–water partition coefficient (Wildman–Crippen LogP) is 1.92. The third-order valence-corrected chi connectivity index (χ3v) is 7.51. The first-order chi connectivity index (χ1) is 12.9. The van der Waals surface area contributed by atoms with Gasteiger partial charge >= 0.3 is 0 Å². The van der Waals surface area contributed by atoms with Crippen LogP contribution in [-0.4, -0.2) is 73.7 Å². The summed E-state index contributed by atoms with van der Waals surface area (Å²) in [5.74, 6) is -0.387. The van der Waals surface area contributed by atoms with Crippen molar-refractivity contribution in [2.24, 2.45) is 0 Å². The number of sulfonamides is 1. The van der Waals surface area contributed by atoms with Gasteiger partial charge in [-0.05, 0) is 50.1 Å². The molecule has 0 aliphatic carbocycles. The van der Waals surface area contributed by atoms with Crippen LogP contribution in [0.2, 0.25) is 0 Å². The van der Waals surface area contributed by atoms with E-state index in [0.29, 0.717) is 25.7 Å². The lowest BCUT2D eigenvalue weighted by atomic mass is 10.00. The van der Waals surface area contributed by atoms with Crippen LogP contribution in [0.3, 0.4) is 0 Å². The zero-order valence-electron chi connectivity index (χ0n) is 15.8. The standard InChI is InChI=1S/C19H28FN3O3S/c1-2-17-5-3-4-10-22(17)15-19(24)21-11-13-23(14-12-21)27(25,26)18-8-6-16(20)7-9-18/h6-9,17H,2-5,10-15H2,1H3/t17-/m0/s1. The normalized spacial score (nSPS) is 22.7. The number of carbonyl (C=O) groups is 1. The molecule has 1 aromatic rings. The van der Waals surface area contributed by atoms with Crippen LogP contribution < -0.4 is 0 Å². The molecule has 6 nitrogen and oxygen atoms in total. The molecule has 2 aliphatic rings. The van der Waals surface area contributed by atoms with Crippen molar-refractivity contribution in [3.63, 3.8) is 0 Å². The van der Waals surface area contributed by atoms with Crippen LogP contribution in [0, 0.1) is 5.82 Å². The fourth-order valence-corrected chi connectivity index (χ4v) is 5.36. The van der Waals surface area contributed by atoms with Crippen molar-refractivity contribution in [2.45, 2.75) is 43.5 Å². The summed E-state index contributed by atoms with van der Waals surface area (Å²) in [5, 5.41) is 0. The Kier molecular flexibility index (Phi) is 6.49. The molecule has 0 unspecified atom stereocenters. The smallest absolute Gasteiger partial charge is 0.243 e. The molecule has 0 aromatic heterocycles. The molecule has 0 saturated carbocycles. The average molecular weight is 398 g/mol. The number of nitrogens with zero attached hydrogens (tertiary/aromatic N) is 3. The minimum Gasteiger partial charge on any atom is -0.339 e. The monoisotopic (exact) mass is 397 g/mol. The van der Waals surface area contributed by atoms with Gasteiger partial charge in [0.25, 0.3) is 0 Å². The van der Waals surface area contributed by atoms with E-state index < -0.39 is 15.8 Å². The first-order valence-electron chi connectivity index (χ1n) is 9.69. The number of likely N-dealkylation sites (tertiary alicyclic amines) is 1. The summed E-state index contributed by atoms with van der Waals surface area (Å²) in [6.45, 7) is 4.86. The molecule has 1 atom stereocenters. The van der Waals surface area contributed by atoms with Crippen molar-refractivity contribution < 1.29 is 17.6 Å². The fraction of sp³-hybridized carbons (Fsp3) is 0.632. The van der Waals surface area contributed by atoms with Crippen LogP contribution in [0.1, 0.15) is 32.6 Å². The molecule has 0 radical (unpaired) electrons. The molecule has 0 bridgehead atoms. The molecule has 2 aliphatic heterocycles. The van der Waals surface area contributed by atoms with Gasteiger partial charge in [-0.15, -0.1) is 0 Å². The van der Waals surface area contributed by atoms with E-state index in [1.165, 1.54) is 22.9 Å². The lowest BCUT2D eigenvalue weighted by Gasteiger charge is -2.38. The second-order valence-corrected chi connectivity index (χ2v) is 9.21. The number of rotatable bonds is 5. The second kappa shape index (κ2) is 8.67. The highest BCUT2D eigenvalue weighted by atomic mass is 32.2. The van der Waals surface area contributed by atoms with Crippen molar-refractivity contribution >= 4 is 15.9 Å². The number of halogens is 1. The van der Waals surface area contributed by atoms with E-state index in [2.05, 4.69) is 11.8 Å². The first-order valence-corrected chi connectivity index (χ1v) is 11.1. The Bertz CT molecular complexity index is 746.